The maximum atomic E-state index is 10.4. The first-order valence-corrected chi connectivity index (χ1v) is 4.67. The molecule has 0 atom stereocenters. The van der Waals surface area contributed by atoms with Crippen LogP contribution in [0.1, 0.15) is 30.6 Å². The number of aromatic nitrogens is 2. The number of carbonyl (C=O) groups is 1. The Bertz CT molecular complexity index is 337. The lowest BCUT2D eigenvalue weighted by atomic mass is 10.2. The second-order valence-electron chi connectivity index (χ2n) is 3.15. The number of carboxylic acids is 1. The Morgan fingerprint density at radius 2 is 2.07 bits per heavy atom. The van der Waals surface area contributed by atoms with Crippen molar-refractivity contribution in [1.82, 2.24) is 9.97 Å². The summed E-state index contributed by atoms with van der Waals surface area (Å²) in [6.45, 7) is 3.84. The summed E-state index contributed by atoms with van der Waals surface area (Å²) >= 11 is 0. The van der Waals surface area contributed by atoms with E-state index in [0.29, 0.717) is 12.2 Å². The number of rotatable bonds is 4. The molecule has 0 spiro atoms. The van der Waals surface area contributed by atoms with Crippen molar-refractivity contribution in [3.05, 3.63) is 23.3 Å². The summed E-state index contributed by atoms with van der Waals surface area (Å²) in [5, 5.41) is 8.53. The molecule has 0 fully saturated rings. The zero-order valence-electron chi connectivity index (χ0n) is 8.45. The Kier molecular flexibility index (Phi) is 3.56. The molecule has 0 radical (unpaired) electrons. The number of nitrogens with zero attached hydrogens (tertiary/aromatic N) is 2. The van der Waals surface area contributed by atoms with Crippen LogP contribution in [0.2, 0.25) is 0 Å². The first kappa shape index (κ1) is 10.6. The van der Waals surface area contributed by atoms with Gasteiger partial charge in [-0.2, -0.15) is 0 Å². The lowest BCUT2D eigenvalue weighted by molar-refractivity contribution is -0.136. The molecule has 0 unspecified atom stereocenters. The van der Waals surface area contributed by atoms with Crippen molar-refractivity contribution < 1.29 is 9.90 Å². The van der Waals surface area contributed by atoms with Crippen LogP contribution in [0.4, 0.5) is 0 Å². The van der Waals surface area contributed by atoms with E-state index < -0.39 is 5.97 Å². The Morgan fingerprint density at radius 1 is 1.43 bits per heavy atom. The summed E-state index contributed by atoms with van der Waals surface area (Å²) in [5.74, 6) is -0.0796. The van der Waals surface area contributed by atoms with Crippen molar-refractivity contribution in [2.24, 2.45) is 0 Å². The van der Waals surface area contributed by atoms with E-state index in [-0.39, 0.29) is 6.42 Å². The molecule has 4 heteroatoms. The van der Waals surface area contributed by atoms with E-state index >= 15 is 0 Å². The zero-order chi connectivity index (χ0) is 10.6. The topological polar surface area (TPSA) is 63.1 Å². The lowest BCUT2D eigenvalue weighted by Crippen LogP contribution is -2.03. The average molecular weight is 194 g/mol. The van der Waals surface area contributed by atoms with Crippen LogP contribution < -0.4 is 0 Å². The number of aryl methyl sites for hydroxylation is 3. The molecular weight excluding hydrogens is 180 g/mol. The van der Waals surface area contributed by atoms with Crippen LogP contribution in [0.5, 0.6) is 0 Å². The number of aliphatic carboxylic acids is 1. The molecule has 0 amide bonds. The van der Waals surface area contributed by atoms with Crippen molar-refractivity contribution in [2.45, 2.75) is 33.1 Å². The first-order chi connectivity index (χ1) is 6.61. The van der Waals surface area contributed by atoms with Crippen LogP contribution in [0.3, 0.4) is 0 Å². The summed E-state index contributed by atoms with van der Waals surface area (Å²) < 4.78 is 0. The van der Waals surface area contributed by atoms with Gasteiger partial charge in [0.05, 0.1) is 6.42 Å². The summed E-state index contributed by atoms with van der Waals surface area (Å²) in [4.78, 5) is 18.8. The molecule has 0 saturated heterocycles. The van der Waals surface area contributed by atoms with E-state index in [2.05, 4.69) is 9.97 Å². The normalized spacial score (nSPS) is 10.1. The highest BCUT2D eigenvalue weighted by Gasteiger charge is 2.03. The van der Waals surface area contributed by atoms with Crippen LogP contribution in [0.15, 0.2) is 6.07 Å². The molecule has 14 heavy (non-hydrogen) atoms. The lowest BCUT2D eigenvalue weighted by Gasteiger charge is -2.02. The number of hydrogen-bond donors (Lipinski definition) is 1. The maximum Gasteiger partial charge on any atom is 0.303 e. The van der Waals surface area contributed by atoms with Gasteiger partial charge in [0.1, 0.15) is 5.82 Å². The Labute approximate surface area is 83.0 Å². The first-order valence-electron chi connectivity index (χ1n) is 4.67. The highest BCUT2D eigenvalue weighted by atomic mass is 16.4. The summed E-state index contributed by atoms with van der Waals surface area (Å²) in [6.07, 6.45) is 1.45. The summed E-state index contributed by atoms with van der Waals surface area (Å²) in [7, 11) is 0. The fourth-order valence-corrected chi connectivity index (χ4v) is 1.24. The van der Waals surface area contributed by atoms with Gasteiger partial charge < -0.3 is 5.11 Å². The van der Waals surface area contributed by atoms with E-state index in [1.54, 1.807) is 0 Å². The molecule has 0 bridgehead atoms. The van der Waals surface area contributed by atoms with Crippen molar-refractivity contribution in [3.63, 3.8) is 0 Å². The van der Waals surface area contributed by atoms with Gasteiger partial charge in [0.15, 0.2) is 0 Å². The molecule has 1 heterocycles. The molecule has 0 aliphatic rings. The molecule has 4 nitrogen and oxygen atoms in total. The van der Waals surface area contributed by atoms with E-state index in [9.17, 15) is 4.79 Å². The van der Waals surface area contributed by atoms with Crippen LogP contribution in [0, 0.1) is 6.92 Å². The van der Waals surface area contributed by atoms with Crippen LogP contribution in [-0.2, 0) is 17.6 Å². The van der Waals surface area contributed by atoms with Crippen LogP contribution in [0.25, 0.3) is 0 Å². The highest BCUT2D eigenvalue weighted by Crippen LogP contribution is 2.04. The van der Waals surface area contributed by atoms with E-state index in [1.165, 1.54) is 0 Å². The predicted molar refractivity (Wildman–Crippen MR) is 52.1 cm³/mol. The molecule has 1 N–H and O–H groups in total. The van der Waals surface area contributed by atoms with Crippen molar-refractivity contribution in [3.8, 4) is 0 Å². The van der Waals surface area contributed by atoms with Gasteiger partial charge in [0.2, 0.25) is 0 Å². The standard InChI is InChI=1S/C10H14N2O2/c1-3-8-6-9(4-5-10(13)14)12-7(2)11-8/h6H,3-5H2,1-2H3,(H,13,14). The molecule has 1 aromatic rings. The van der Waals surface area contributed by atoms with Crippen LogP contribution in [-0.4, -0.2) is 21.0 Å². The maximum absolute atomic E-state index is 10.4. The SMILES string of the molecule is CCc1cc(CCC(=O)O)nc(C)n1. The van der Waals surface area contributed by atoms with Gasteiger partial charge in [-0.3, -0.25) is 4.79 Å². The average Bonchev–Trinajstić information content (AvgIpc) is 2.14. The minimum Gasteiger partial charge on any atom is -0.481 e. The smallest absolute Gasteiger partial charge is 0.303 e. The zero-order valence-corrected chi connectivity index (χ0v) is 8.45. The fourth-order valence-electron chi connectivity index (χ4n) is 1.24. The minimum absolute atomic E-state index is 0.125. The third kappa shape index (κ3) is 3.12. The molecular formula is C10H14N2O2. The van der Waals surface area contributed by atoms with Gasteiger partial charge in [-0.1, -0.05) is 6.92 Å². The molecule has 0 aromatic carbocycles. The molecule has 0 aliphatic heterocycles. The molecule has 76 valence electrons. The van der Waals surface area contributed by atoms with Crippen molar-refractivity contribution in [2.75, 3.05) is 0 Å². The molecule has 1 rings (SSSR count). The Morgan fingerprint density at radius 3 is 2.64 bits per heavy atom. The van der Waals surface area contributed by atoms with Gasteiger partial charge in [-0.15, -0.1) is 0 Å². The van der Waals surface area contributed by atoms with E-state index in [4.69, 9.17) is 5.11 Å². The quantitative estimate of drug-likeness (QED) is 0.786. The van der Waals surface area contributed by atoms with Crippen LogP contribution >= 0.6 is 0 Å². The third-order valence-corrected chi connectivity index (χ3v) is 1.90. The number of hydrogen-bond acceptors (Lipinski definition) is 3. The Hall–Kier alpha value is -1.45. The Balaban J connectivity index is 2.76. The van der Waals surface area contributed by atoms with E-state index in [1.807, 2.05) is 19.9 Å². The molecule has 0 saturated carbocycles. The van der Waals surface area contributed by atoms with E-state index in [0.717, 1.165) is 17.8 Å². The van der Waals surface area contributed by atoms with Crippen molar-refractivity contribution >= 4 is 5.97 Å². The summed E-state index contributed by atoms with van der Waals surface area (Å²) in [6, 6.07) is 1.87. The van der Waals surface area contributed by atoms with Gasteiger partial charge in [-0.25, -0.2) is 9.97 Å². The molecule has 1 aromatic heterocycles. The van der Waals surface area contributed by atoms with Gasteiger partial charge in [0, 0.05) is 17.8 Å². The van der Waals surface area contributed by atoms with Gasteiger partial charge >= 0.3 is 5.97 Å². The largest absolute Gasteiger partial charge is 0.481 e. The van der Waals surface area contributed by atoms with Gasteiger partial charge in [0.25, 0.3) is 0 Å². The summed E-state index contributed by atoms with van der Waals surface area (Å²) in [5.41, 5.74) is 1.79. The minimum atomic E-state index is -0.792. The second-order valence-corrected chi connectivity index (χ2v) is 3.15. The number of carboxylic acid groups (broad SMARTS) is 1. The predicted octanol–water partition coefficient (Wildman–Crippen LogP) is 1.36. The van der Waals surface area contributed by atoms with Crippen molar-refractivity contribution in [1.29, 1.82) is 0 Å². The second kappa shape index (κ2) is 4.69. The monoisotopic (exact) mass is 194 g/mol. The third-order valence-electron chi connectivity index (χ3n) is 1.90. The fraction of sp³-hybridized carbons (Fsp3) is 0.500. The van der Waals surface area contributed by atoms with Gasteiger partial charge in [-0.05, 0) is 19.4 Å². The molecule has 0 aliphatic carbocycles. The highest BCUT2D eigenvalue weighted by molar-refractivity contribution is 5.66.